The molecule has 27 heavy (non-hydrogen) atoms. The maximum Gasteiger partial charge on any atom is 0.166 e. The number of hydrogen-bond acceptors (Lipinski definition) is 5. The zero-order valence-corrected chi connectivity index (χ0v) is 18.3. The number of H-pyrrole nitrogens is 1. The number of nitrogens with zero attached hydrogens (tertiary/aromatic N) is 3. The number of β-amino-alcohol motifs (C(OH)–C–C–N with tert-alkyl or cyclic N) is 1. The van der Waals surface area contributed by atoms with E-state index in [2.05, 4.69) is 34.7 Å². The molecule has 1 fully saturated rings. The molecule has 3 rings (SSSR count). The summed E-state index contributed by atoms with van der Waals surface area (Å²) in [4.78, 5) is 12.8. The van der Waals surface area contributed by atoms with Crippen LogP contribution in [-0.4, -0.2) is 63.5 Å². The van der Waals surface area contributed by atoms with Crippen molar-refractivity contribution >= 4 is 40.1 Å². The van der Waals surface area contributed by atoms with E-state index in [1.807, 2.05) is 31.7 Å². The van der Waals surface area contributed by atoms with Gasteiger partial charge in [-0.3, -0.25) is 4.90 Å². The van der Waals surface area contributed by atoms with Crippen LogP contribution in [0.15, 0.2) is 17.3 Å². The molecule has 0 aliphatic carbocycles. The number of hydrogen-bond donors (Lipinski definition) is 2. The van der Waals surface area contributed by atoms with Crippen LogP contribution in [0.5, 0.6) is 0 Å². The first-order valence-electron chi connectivity index (χ1n) is 9.84. The zero-order valence-electron chi connectivity index (χ0n) is 16.8. The first-order valence-corrected chi connectivity index (χ1v) is 11.1. The molecule has 2 heterocycles. The maximum atomic E-state index is 10.0. The predicted octanol–water partition coefficient (Wildman–Crippen LogP) is 4.39. The van der Waals surface area contributed by atoms with Crippen LogP contribution in [0.4, 0.5) is 5.69 Å². The molecule has 2 aromatic rings. The van der Waals surface area contributed by atoms with E-state index in [1.165, 1.54) is 0 Å². The SMILES string of the molecule is CCC(CC)Sc1nc2cc(N3CCN(CC(C)(C)O)CC3)c(Cl)cc2[nH]1. The van der Waals surface area contributed by atoms with Gasteiger partial charge in [0, 0.05) is 38.0 Å². The van der Waals surface area contributed by atoms with E-state index in [0.29, 0.717) is 11.8 Å². The van der Waals surface area contributed by atoms with Crippen LogP contribution in [0.1, 0.15) is 40.5 Å². The molecule has 7 heteroatoms. The third kappa shape index (κ3) is 5.31. The summed E-state index contributed by atoms with van der Waals surface area (Å²) in [5, 5.41) is 12.4. The number of aliphatic hydroxyl groups is 1. The lowest BCUT2D eigenvalue weighted by Gasteiger charge is -2.38. The number of aromatic amines is 1. The van der Waals surface area contributed by atoms with Crippen molar-refractivity contribution in [3.63, 3.8) is 0 Å². The van der Waals surface area contributed by atoms with Gasteiger partial charge in [-0.25, -0.2) is 4.98 Å². The molecule has 0 amide bonds. The van der Waals surface area contributed by atoms with E-state index in [0.717, 1.165) is 65.9 Å². The van der Waals surface area contributed by atoms with Crippen molar-refractivity contribution < 1.29 is 5.11 Å². The lowest BCUT2D eigenvalue weighted by atomic mass is 10.1. The van der Waals surface area contributed by atoms with E-state index in [4.69, 9.17) is 16.6 Å². The molecular weight excluding hydrogens is 380 g/mol. The fourth-order valence-electron chi connectivity index (χ4n) is 3.60. The molecule has 0 unspecified atom stereocenters. The zero-order chi connectivity index (χ0) is 19.6. The molecule has 1 aromatic heterocycles. The van der Waals surface area contributed by atoms with Crippen molar-refractivity contribution in [2.45, 2.75) is 56.5 Å². The van der Waals surface area contributed by atoms with Crippen LogP contribution < -0.4 is 4.90 Å². The Balaban J connectivity index is 1.73. The molecular formula is C20H31ClN4OS. The molecule has 0 radical (unpaired) electrons. The van der Waals surface area contributed by atoms with Gasteiger partial charge < -0.3 is 15.0 Å². The number of piperazine rings is 1. The lowest BCUT2D eigenvalue weighted by molar-refractivity contribution is 0.0345. The highest BCUT2D eigenvalue weighted by Crippen LogP contribution is 2.33. The summed E-state index contributed by atoms with van der Waals surface area (Å²) in [6.07, 6.45) is 2.28. The predicted molar refractivity (Wildman–Crippen MR) is 116 cm³/mol. The molecule has 0 bridgehead atoms. The van der Waals surface area contributed by atoms with Gasteiger partial charge in [-0.1, -0.05) is 37.2 Å². The summed E-state index contributed by atoms with van der Waals surface area (Å²) in [5.74, 6) is 0. The highest BCUT2D eigenvalue weighted by Gasteiger charge is 2.24. The molecule has 0 spiro atoms. The molecule has 5 nitrogen and oxygen atoms in total. The number of thioether (sulfide) groups is 1. The molecule has 1 saturated heterocycles. The Bertz CT molecular complexity index is 761. The van der Waals surface area contributed by atoms with Gasteiger partial charge in [0.05, 0.1) is 27.3 Å². The number of aromatic nitrogens is 2. The lowest BCUT2D eigenvalue weighted by Crippen LogP contribution is -2.50. The average Bonchev–Trinajstić information content (AvgIpc) is 2.99. The quantitative estimate of drug-likeness (QED) is 0.663. The Labute approximate surface area is 171 Å². The van der Waals surface area contributed by atoms with Crippen molar-refractivity contribution in [3.8, 4) is 0 Å². The normalized spacial score (nSPS) is 16.6. The molecule has 1 aromatic carbocycles. The third-order valence-corrected chi connectivity index (χ3v) is 6.76. The summed E-state index contributed by atoms with van der Waals surface area (Å²) in [6.45, 7) is 12.5. The maximum absolute atomic E-state index is 10.0. The number of nitrogens with one attached hydrogen (secondary N) is 1. The minimum atomic E-state index is -0.656. The largest absolute Gasteiger partial charge is 0.389 e. The fraction of sp³-hybridized carbons (Fsp3) is 0.650. The van der Waals surface area contributed by atoms with Gasteiger partial charge >= 0.3 is 0 Å². The van der Waals surface area contributed by atoms with E-state index in [1.54, 1.807) is 0 Å². The van der Waals surface area contributed by atoms with Gasteiger partial charge in [0.15, 0.2) is 5.16 Å². The molecule has 0 atom stereocenters. The van der Waals surface area contributed by atoms with Crippen molar-refractivity contribution in [1.82, 2.24) is 14.9 Å². The number of rotatable bonds is 7. The van der Waals surface area contributed by atoms with Gasteiger partial charge in [0.2, 0.25) is 0 Å². The average molecular weight is 411 g/mol. The first kappa shape index (κ1) is 20.8. The van der Waals surface area contributed by atoms with E-state index in [9.17, 15) is 5.11 Å². The minimum absolute atomic E-state index is 0.587. The number of fused-ring (bicyclic) bond motifs is 1. The van der Waals surface area contributed by atoms with Crippen LogP contribution in [0.2, 0.25) is 5.02 Å². The van der Waals surface area contributed by atoms with Gasteiger partial charge in [0.1, 0.15) is 0 Å². The Kier molecular flexibility index (Phi) is 6.62. The smallest absolute Gasteiger partial charge is 0.166 e. The first-order chi connectivity index (χ1) is 12.8. The Morgan fingerprint density at radius 2 is 1.89 bits per heavy atom. The van der Waals surface area contributed by atoms with Gasteiger partial charge in [-0.2, -0.15) is 0 Å². The summed E-state index contributed by atoms with van der Waals surface area (Å²) < 4.78 is 0. The molecule has 2 N–H and O–H groups in total. The highest BCUT2D eigenvalue weighted by atomic mass is 35.5. The number of anilines is 1. The molecule has 1 aliphatic rings. The van der Waals surface area contributed by atoms with E-state index < -0.39 is 5.60 Å². The third-order valence-electron chi connectivity index (χ3n) is 5.04. The van der Waals surface area contributed by atoms with Gasteiger partial charge in [0.25, 0.3) is 0 Å². The van der Waals surface area contributed by atoms with Gasteiger partial charge in [-0.15, -0.1) is 0 Å². The number of halogens is 1. The Morgan fingerprint density at radius 3 is 2.48 bits per heavy atom. The second kappa shape index (κ2) is 8.60. The summed E-state index contributed by atoms with van der Waals surface area (Å²) in [7, 11) is 0. The number of benzene rings is 1. The second-order valence-corrected chi connectivity index (χ2v) is 9.69. The van der Waals surface area contributed by atoms with Crippen LogP contribution in [-0.2, 0) is 0 Å². The highest BCUT2D eigenvalue weighted by molar-refractivity contribution is 7.99. The van der Waals surface area contributed by atoms with Crippen molar-refractivity contribution in [3.05, 3.63) is 17.2 Å². The molecule has 1 aliphatic heterocycles. The monoisotopic (exact) mass is 410 g/mol. The van der Waals surface area contributed by atoms with Crippen molar-refractivity contribution in [2.75, 3.05) is 37.6 Å². The fourth-order valence-corrected chi connectivity index (χ4v) is 4.85. The second-order valence-electron chi connectivity index (χ2n) is 7.99. The minimum Gasteiger partial charge on any atom is -0.389 e. The standard InChI is InChI=1S/C20H31ClN4OS/c1-5-14(6-2)27-19-22-16-11-15(21)18(12-17(16)23-19)25-9-7-24(8-10-25)13-20(3,4)26/h11-12,14,26H,5-10,13H2,1-4H3,(H,22,23). The van der Waals surface area contributed by atoms with Crippen LogP contribution >= 0.6 is 23.4 Å². The van der Waals surface area contributed by atoms with E-state index >= 15 is 0 Å². The molecule has 0 saturated carbocycles. The van der Waals surface area contributed by atoms with Crippen molar-refractivity contribution in [1.29, 1.82) is 0 Å². The van der Waals surface area contributed by atoms with E-state index in [-0.39, 0.29) is 0 Å². The topological polar surface area (TPSA) is 55.4 Å². The molecule has 150 valence electrons. The summed E-state index contributed by atoms with van der Waals surface area (Å²) in [5.41, 5.74) is 2.37. The van der Waals surface area contributed by atoms with Crippen LogP contribution in [0, 0.1) is 0 Å². The summed E-state index contributed by atoms with van der Waals surface area (Å²) in [6, 6.07) is 4.11. The van der Waals surface area contributed by atoms with Gasteiger partial charge in [-0.05, 0) is 38.8 Å². The van der Waals surface area contributed by atoms with Crippen molar-refractivity contribution in [2.24, 2.45) is 0 Å². The van der Waals surface area contributed by atoms with Crippen LogP contribution in [0.25, 0.3) is 11.0 Å². The Morgan fingerprint density at radius 1 is 1.22 bits per heavy atom. The summed E-state index contributed by atoms with van der Waals surface area (Å²) >= 11 is 8.41. The number of imidazole rings is 1. The van der Waals surface area contributed by atoms with Crippen LogP contribution in [0.3, 0.4) is 0 Å². The Hall–Kier alpha value is -0.950.